The van der Waals surface area contributed by atoms with Crippen LogP contribution in [0, 0.1) is 5.41 Å². The van der Waals surface area contributed by atoms with E-state index < -0.39 is 23.5 Å². The molecule has 1 fully saturated rings. The van der Waals surface area contributed by atoms with E-state index in [0.717, 1.165) is 0 Å². The van der Waals surface area contributed by atoms with Gasteiger partial charge in [0.25, 0.3) is 0 Å². The minimum atomic E-state index is -1.13. The minimum absolute atomic E-state index is 0.0688. The quantitative estimate of drug-likeness (QED) is 0.796. The second-order valence-corrected chi connectivity index (χ2v) is 5.28. The number of rotatable bonds is 3. The highest BCUT2D eigenvalue weighted by molar-refractivity contribution is 6.33. The Morgan fingerprint density at radius 2 is 2.15 bits per heavy atom. The molecule has 1 aliphatic rings. The van der Waals surface area contributed by atoms with Crippen LogP contribution >= 0.6 is 11.6 Å². The van der Waals surface area contributed by atoms with E-state index in [0.29, 0.717) is 10.7 Å². The second kappa shape index (κ2) is 5.68. The average molecular weight is 299 g/mol. The Bertz CT molecular complexity index is 537. The number of carbonyl (C=O) groups is 2. The van der Waals surface area contributed by atoms with E-state index in [-0.39, 0.29) is 13.2 Å². The van der Waals surface area contributed by atoms with Gasteiger partial charge in [-0.1, -0.05) is 23.7 Å². The van der Waals surface area contributed by atoms with Gasteiger partial charge in [-0.3, -0.25) is 4.79 Å². The zero-order valence-corrected chi connectivity index (χ0v) is 11.6. The van der Waals surface area contributed by atoms with Gasteiger partial charge in [0, 0.05) is 0 Å². The van der Waals surface area contributed by atoms with Crippen molar-refractivity contribution in [1.29, 1.82) is 0 Å². The summed E-state index contributed by atoms with van der Waals surface area (Å²) in [5, 5.41) is 14.8. The lowest BCUT2D eigenvalue weighted by molar-refractivity contribution is -0.148. The molecule has 1 aromatic carbocycles. The number of hydrogen-bond donors (Lipinski definition) is 3. The first-order valence-electron chi connectivity index (χ1n) is 6.06. The van der Waals surface area contributed by atoms with E-state index in [1.54, 1.807) is 31.2 Å². The molecule has 1 aromatic rings. The molecule has 1 heterocycles. The number of amides is 2. The van der Waals surface area contributed by atoms with Crippen molar-refractivity contribution in [3.8, 4) is 0 Å². The maximum absolute atomic E-state index is 11.9. The Labute approximate surface area is 121 Å². The van der Waals surface area contributed by atoms with Gasteiger partial charge in [-0.2, -0.15) is 0 Å². The fourth-order valence-electron chi connectivity index (χ4n) is 1.96. The molecule has 2 atom stereocenters. The fraction of sp³-hybridized carbons (Fsp3) is 0.385. The topological polar surface area (TPSA) is 87.7 Å². The van der Waals surface area contributed by atoms with Crippen LogP contribution in [0.25, 0.3) is 0 Å². The predicted molar refractivity (Wildman–Crippen MR) is 74.0 cm³/mol. The van der Waals surface area contributed by atoms with Crippen molar-refractivity contribution in [2.45, 2.75) is 13.0 Å². The van der Waals surface area contributed by atoms with Crippen LogP contribution in [0.1, 0.15) is 6.92 Å². The van der Waals surface area contributed by atoms with Crippen molar-refractivity contribution >= 4 is 29.3 Å². The van der Waals surface area contributed by atoms with E-state index in [2.05, 4.69) is 10.6 Å². The maximum atomic E-state index is 11.9. The number of aliphatic carboxylic acids is 1. The molecule has 0 aliphatic carbocycles. The third-order valence-corrected chi connectivity index (χ3v) is 3.70. The summed E-state index contributed by atoms with van der Waals surface area (Å²) in [6, 6.07) is 5.68. The molecule has 108 valence electrons. The first-order valence-corrected chi connectivity index (χ1v) is 6.44. The van der Waals surface area contributed by atoms with Gasteiger partial charge >= 0.3 is 12.0 Å². The molecule has 2 rings (SSSR count). The van der Waals surface area contributed by atoms with Gasteiger partial charge in [-0.15, -0.1) is 0 Å². The van der Waals surface area contributed by atoms with Crippen LogP contribution in [0.2, 0.25) is 5.02 Å². The maximum Gasteiger partial charge on any atom is 0.319 e. The molecule has 1 saturated heterocycles. The first-order chi connectivity index (χ1) is 9.43. The normalized spacial score (nSPS) is 25.2. The third-order valence-electron chi connectivity index (χ3n) is 3.37. The molecule has 6 nitrogen and oxygen atoms in total. The van der Waals surface area contributed by atoms with E-state index >= 15 is 0 Å². The van der Waals surface area contributed by atoms with E-state index in [9.17, 15) is 14.7 Å². The lowest BCUT2D eigenvalue weighted by Crippen LogP contribution is -2.50. The van der Waals surface area contributed by atoms with Crippen LogP contribution in [0.3, 0.4) is 0 Å². The molecule has 0 saturated carbocycles. The number of halogens is 1. The minimum Gasteiger partial charge on any atom is -0.481 e. The summed E-state index contributed by atoms with van der Waals surface area (Å²) in [7, 11) is 0. The molecule has 1 aliphatic heterocycles. The molecule has 0 aromatic heterocycles. The summed E-state index contributed by atoms with van der Waals surface area (Å²) in [5.74, 6) is -1.00. The van der Waals surface area contributed by atoms with Gasteiger partial charge in [-0.05, 0) is 19.1 Å². The van der Waals surface area contributed by atoms with Gasteiger partial charge in [0.1, 0.15) is 5.41 Å². The SMILES string of the molecule is CC1(C(=O)O)COCC1NC(=O)Nc1ccccc1Cl. The second-order valence-electron chi connectivity index (χ2n) is 4.87. The number of nitrogens with one attached hydrogen (secondary N) is 2. The molecule has 0 bridgehead atoms. The standard InChI is InChI=1S/C13H15ClN2O4/c1-13(11(17)18)7-20-6-10(13)16-12(19)15-9-5-3-2-4-8(9)14/h2-5,10H,6-7H2,1H3,(H,17,18)(H2,15,16,19). The molecule has 7 heteroatoms. The van der Waals surface area contributed by atoms with Gasteiger partial charge in [-0.25, -0.2) is 4.79 Å². The highest BCUT2D eigenvalue weighted by Gasteiger charge is 2.47. The molecule has 0 radical (unpaired) electrons. The molecule has 0 spiro atoms. The summed E-state index contributed by atoms with van der Waals surface area (Å²) in [6.45, 7) is 1.78. The van der Waals surface area contributed by atoms with Crippen LogP contribution < -0.4 is 10.6 Å². The van der Waals surface area contributed by atoms with Crippen molar-refractivity contribution in [1.82, 2.24) is 5.32 Å². The monoisotopic (exact) mass is 298 g/mol. The predicted octanol–water partition coefficient (Wildman–Crippen LogP) is 1.95. The first kappa shape index (κ1) is 14.6. The third kappa shape index (κ3) is 2.86. The van der Waals surface area contributed by atoms with Gasteiger partial charge < -0.3 is 20.5 Å². The van der Waals surface area contributed by atoms with Crippen molar-refractivity contribution < 1.29 is 19.4 Å². The fourth-order valence-corrected chi connectivity index (χ4v) is 2.15. The van der Waals surface area contributed by atoms with Gasteiger partial charge in [0.15, 0.2) is 0 Å². The lowest BCUT2D eigenvalue weighted by Gasteiger charge is -2.25. The molecule has 3 N–H and O–H groups in total. The number of ether oxygens (including phenoxy) is 1. The number of benzene rings is 1. The van der Waals surface area contributed by atoms with E-state index in [1.807, 2.05) is 0 Å². The molecule has 20 heavy (non-hydrogen) atoms. The summed E-state index contributed by atoms with van der Waals surface area (Å²) in [6.07, 6.45) is 0. The smallest absolute Gasteiger partial charge is 0.319 e. The zero-order valence-electron chi connectivity index (χ0n) is 10.9. The average Bonchev–Trinajstić information content (AvgIpc) is 2.75. The van der Waals surface area contributed by atoms with Crippen molar-refractivity contribution in [3.63, 3.8) is 0 Å². The van der Waals surface area contributed by atoms with Gasteiger partial charge in [0.05, 0.1) is 30.0 Å². The van der Waals surface area contributed by atoms with Gasteiger partial charge in [0.2, 0.25) is 0 Å². The number of carbonyl (C=O) groups excluding carboxylic acids is 1. The van der Waals surface area contributed by atoms with E-state index in [1.165, 1.54) is 0 Å². The zero-order chi connectivity index (χ0) is 14.8. The highest BCUT2D eigenvalue weighted by atomic mass is 35.5. The van der Waals surface area contributed by atoms with Crippen molar-refractivity contribution in [2.24, 2.45) is 5.41 Å². The number of carboxylic acids is 1. The Hall–Kier alpha value is -1.79. The lowest BCUT2D eigenvalue weighted by atomic mass is 9.85. The summed E-state index contributed by atoms with van der Waals surface area (Å²) in [5.41, 5.74) is -0.666. The van der Waals surface area contributed by atoms with Crippen LogP contribution in [0.15, 0.2) is 24.3 Å². The van der Waals surface area contributed by atoms with Crippen LogP contribution in [0.4, 0.5) is 10.5 Å². The van der Waals surface area contributed by atoms with Crippen LogP contribution in [-0.2, 0) is 9.53 Å². The Kier molecular flexibility index (Phi) is 4.15. The Morgan fingerprint density at radius 1 is 1.45 bits per heavy atom. The van der Waals surface area contributed by atoms with Crippen molar-refractivity contribution in [3.05, 3.63) is 29.3 Å². The van der Waals surface area contributed by atoms with Crippen LogP contribution in [-0.4, -0.2) is 36.4 Å². The Morgan fingerprint density at radius 3 is 2.80 bits per heavy atom. The largest absolute Gasteiger partial charge is 0.481 e. The summed E-state index contributed by atoms with van der Waals surface area (Å²) < 4.78 is 5.16. The number of para-hydroxylation sites is 1. The summed E-state index contributed by atoms with van der Waals surface area (Å²) in [4.78, 5) is 23.2. The van der Waals surface area contributed by atoms with Crippen LogP contribution in [0.5, 0.6) is 0 Å². The number of urea groups is 1. The molecule has 2 unspecified atom stereocenters. The number of hydrogen-bond acceptors (Lipinski definition) is 3. The molecule has 2 amide bonds. The highest BCUT2D eigenvalue weighted by Crippen LogP contribution is 2.29. The molecular weight excluding hydrogens is 284 g/mol. The molecular formula is C13H15ClN2O4. The Balaban J connectivity index is 2.02. The van der Waals surface area contributed by atoms with Crippen molar-refractivity contribution in [2.75, 3.05) is 18.5 Å². The van der Waals surface area contributed by atoms with E-state index in [4.69, 9.17) is 16.3 Å². The number of anilines is 1. The summed E-state index contributed by atoms with van der Waals surface area (Å²) >= 11 is 5.93. The number of carboxylic acid groups (broad SMARTS) is 1.